The Balaban J connectivity index is 1.72. The molecule has 2 heteroatoms. The van der Waals surface area contributed by atoms with E-state index >= 15 is 0 Å². The summed E-state index contributed by atoms with van der Waals surface area (Å²) >= 11 is 3.54. The van der Waals surface area contributed by atoms with Gasteiger partial charge in [-0.2, -0.15) is 0 Å². The van der Waals surface area contributed by atoms with E-state index in [4.69, 9.17) is 5.73 Å². The Kier molecular flexibility index (Phi) is 2.91. The molecule has 0 amide bonds. The van der Waals surface area contributed by atoms with Crippen LogP contribution in [0.4, 0.5) is 0 Å². The van der Waals surface area contributed by atoms with Crippen LogP contribution in [0.25, 0.3) is 10.8 Å². The van der Waals surface area contributed by atoms with Crippen molar-refractivity contribution in [2.75, 3.05) is 0 Å². The third kappa shape index (κ3) is 2.19. The van der Waals surface area contributed by atoms with Crippen molar-refractivity contribution >= 4 is 26.7 Å². The second-order valence-electron chi connectivity index (χ2n) is 5.91. The number of fused-ring (bicyclic) bond motifs is 1. The lowest BCUT2D eigenvalue weighted by Gasteiger charge is -2.13. The van der Waals surface area contributed by atoms with E-state index in [1.54, 1.807) is 0 Å². The second kappa shape index (κ2) is 4.69. The molecular weight excluding hydrogens is 322 g/mol. The van der Waals surface area contributed by atoms with Crippen LogP contribution in [0.2, 0.25) is 0 Å². The highest BCUT2D eigenvalue weighted by atomic mass is 79.9. The van der Waals surface area contributed by atoms with Crippen LogP contribution in [0, 0.1) is 0 Å². The highest BCUT2D eigenvalue weighted by molar-refractivity contribution is 9.10. The van der Waals surface area contributed by atoms with Gasteiger partial charge in [0.05, 0.1) is 0 Å². The van der Waals surface area contributed by atoms with E-state index in [1.807, 2.05) is 0 Å². The predicted molar refractivity (Wildman–Crippen MR) is 91.3 cm³/mol. The van der Waals surface area contributed by atoms with Gasteiger partial charge in [-0.25, -0.2) is 0 Å². The summed E-state index contributed by atoms with van der Waals surface area (Å²) in [5.74, 6) is 0.413. The van der Waals surface area contributed by atoms with Crippen LogP contribution in [0.1, 0.15) is 23.5 Å². The molecule has 0 saturated heterocycles. The molecular formula is C19H16BrN. The molecule has 1 saturated carbocycles. The molecule has 3 aromatic carbocycles. The predicted octanol–water partition coefficient (Wildman–Crippen LogP) is 4.94. The van der Waals surface area contributed by atoms with E-state index in [1.165, 1.54) is 21.9 Å². The standard InChI is InChI=1S/C19H16BrN/c20-17-7-3-6-15(11-17)18-12-19(18,21)16-9-8-13-4-1-2-5-14(13)10-16/h1-11,18H,12,21H2. The smallest absolute Gasteiger partial charge is 0.0486 e. The van der Waals surface area contributed by atoms with Gasteiger partial charge in [0, 0.05) is 15.9 Å². The summed E-state index contributed by atoms with van der Waals surface area (Å²) in [5, 5.41) is 2.53. The SMILES string of the molecule is NC1(c2ccc3ccccc3c2)CC1c1cccc(Br)c1. The minimum absolute atomic E-state index is 0.217. The molecule has 2 unspecified atom stereocenters. The molecule has 1 nitrogen and oxygen atoms in total. The molecule has 1 aliphatic carbocycles. The van der Waals surface area contributed by atoms with E-state index in [2.05, 4.69) is 82.7 Å². The second-order valence-corrected chi connectivity index (χ2v) is 6.83. The fourth-order valence-electron chi connectivity index (χ4n) is 3.22. The van der Waals surface area contributed by atoms with E-state index in [9.17, 15) is 0 Å². The minimum Gasteiger partial charge on any atom is -0.321 e. The molecule has 0 aliphatic heterocycles. The Labute approximate surface area is 132 Å². The zero-order valence-electron chi connectivity index (χ0n) is 11.6. The van der Waals surface area contributed by atoms with Crippen LogP contribution >= 0.6 is 15.9 Å². The largest absolute Gasteiger partial charge is 0.321 e. The molecule has 0 radical (unpaired) electrons. The number of nitrogens with two attached hydrogens (primary N) is 1. The highest BCUT2D eigenvalue weighted by Gasteiger charge is 2.52. The van der Waals surface area contributed by atoms with Crippen LogP contribution in [0.3, 0.4) is 0 Å². The molecule has 2 atom stereocenters. The molecule has 21 heavy (non-hydrogen) atoms. The maximum absolute atomic E-state index is 6.67. The van der Waals surface area contributed by atoms with Crippen molar-refractivity contribution < 1.29 is 0 Å². The quantitative estimate of drug-likeness (QED) is 0.703. The van der Waals surface area contributed by atoms with Crippen molar-refractivity contribution in [2.24, 2.45) is 5.73 Å². The number of rotatable bonds is 2. The van der Waals surface area contributed by atoms with Crippen molar-refractivity contribution in [3.8, 4) is 0 Å². The maximum atomic E-state index is 6.67. The van der Waals surface area contributed by atoms with Crippen LogP contribution in [-0.4, -0.2) is 0 Å². The molecule has 0 heterocycles. The summed E-state index contributed by atoms with van der Waals surface area (Å²) in [4.78, 5) is 0. The average Bonchev–Trinajstić information content (AvgIpc) is 3.20. The molecule has 1 fully saturated rings. The monoisotopic (exact) mass is 337 g/mol. The van der Waals surface area contributed by atoms with Crippen molar-refractivity contribution in [1.29, 1.82) is 0 Å². The first kappa shape index (κ1) is 13.1. The zero-order valence-corrected chi connectivity index (χ0v) is 13.2. The van der Waals surface area contributed by atoms with Crippen molar-refractivity contribution in [3.05, 3.63) is 82.3 Å². The van der Waals surface area contributed by atoms with Crippen molar-refractivity contribution in [2.45, 2.75) is 17.9 Å². The van der Waals surface area contributed by atoms with E-state index in [0.29, 0.717) is 5.92 Å². The highest BCUT2D eigenvalue weighted by Crippen LogP contribution is 2.56. The first-order chi connectivity index (χ1) is 10.2. The van der Waals surface area contributed by atoms with Crippen molar-refractivity contribution in [1.82, 2.24) is 0 Å². The Bertz CT molecular complexity index is 826. The lowest BCUT2D eigenvalue weighted by Crippen LogP contribution is -2.21. The van der Waals surface area contributed by atoms with E-state index in [0.717, 1.165) is 10.9 Å². The van der Waals surface area contributed by atoms with Gasteiger partial charge in [0.25, 0.3) is 0 Å². The van der Waals surface area contributed by atoms with Crippen LogP contribution in [0.15, 0.2) is 71.2 Å². The van der Waals surface area contributed by atoms with E-state index < -0.39 is 0 Å². The third-order valence-electron chi connectivity index (χ3n) is 4.54. The van der Waals surface area contributed by atoms with Crippen LogP contribution in [-0.2, 0) is 5.54 Å². The number of benzene rings is 3. The zero-order chi connectivity index (χ0) is 14.4. The molecule has 0 aromatic heterocycles. The Morgan fingerprint density at radius 2 is 1.71 bits per heavy atom. The first-order valence-electron chi connectivity index (χ1n) is 7.20. The third-order valence-corrected chi connectivity index (χ3v) is 5.03. The van der Waals surface area contributed by atoms with Gasteiger partial charge in [0.1, 0.15) is 0 Å². The van der Waals surface area contributed by atoms with Gasteiger partial charge < -0.3 is 5.73 Å². The number of hydrogen-bond donors (Lipinski definition) is 1. The van der Waals surface area contributed by atoms with Crippen LogP contribution < -0.4 is 5.73 Å². The van der Waals surface area contributed by atoms with Gasteiger partial charge in [0.2, 0.25) is 0 Å². The van der Waals surface area contributed by atoms with E-state index in [-0.39, 0.29) is 5.54 Å². The van der Waals surface area contributed by atoms with Crippen molar-refractivity contribution in [3.63, 3.8) is 0 Å². The Morgan fingerprint density at radius 3 is 2.52 bits per heavy atom. The van der Waals surface area contributed by atoms with Gasteiger partial charge in [0.15, 0.2) is 0 Å². The Morgan fingerprint density at radius 1 is 0.905 bits per heavy atom. The summed E-state index contributed by atoms with van der Waals surface area (Å²) < 4.78 is 1.12. The lowest BCUT2D eigenvalue weighted by molar-refractivity contribution is 0.707. The van der Waals surface area contributed by atoms with Gasteiger partial charge in [-0.1, -0.05) is 64.5 Å². The minimum atomic E-state index is -0.217. The normalized spacial score (nSPS) is 24.2. The molecule has 0 bridgehead atoms. The Hall–Kier alpha value is -1.64. The fourth-order valence-corrected chi connectivity index (χ4v) is 3.63. The fraction of sp³-hybridized carbons (Fsp3) is 0.158. The summed E-state index contributed by atoms with van der Waals surface area (Å²) in [6, 6.07) is 23.5. The lowest BCUT2D eigenvalue weighted by atomic mass is 9.97. The van der Waals surface area contributed by atoms with Crippen LogP contribution in [0.5, 0.6) is 0 Å². The summed E-state index contributed by atoms with van der Waals surface area (Å²) in [5.41, 5.74) is 9.01. The summed E-state index contributed by atoms with van der Waals surface area (Å²) in [7, 11) is 0. The molecule has 0 spiro atoms. The first-order valence-corrected chi connectivity index (χ1v) is 8.00. The van der Waals surface area contributed by atoms with Gasteiger partial charge in [-0.3, -0.25) is 0 Å². The maximum Gasteiger partial charge on any atom is 0.0486 e. The molecule has 1 aliphatic rings. The summed E-state index contributed by atoms with van der Waals surface area (Å²) in [6.07, 6.45) is 1.02. The molecule has 2 N–H and O–H groups in total. The topological polar surface area (TPSA) is 26.0 Å². The summed E-state index contributed by atoms with van der Waals surface area (Å²) in [6.45, 7) is 0. The molecule has 4 rings (SSSR count). The molecule has 104 valence electrons. The average molecular weight is 338 g/mol. The molecule has 3 aromatic rings. The number of halogens is 1. The van der Waals surface area contributed by atoms with Gasteiger partial charge >= 0.3 is 0 Å². The van der Waals surface area contributed by atoms with Gasteiger partial charge in [-0.05, 0) is 46.5 Å². The van der Waals surface area contributed by atoms with Gasteiger partial charge in [-0.15, -0.1) is 0 Å². The number of hydrogen-bond acceptors (Lipinski definition) is 1.